The van der Waals surface area contributed by atoms with Crippen LogP contribution in [-0.2, 0) is 33.5 Å². The number of esters is 1. The van der Waals surface area contributed by atoms with Crippen LogP contribution in [0.25, 0.3) is 0 Å². The van der Waals surface area contributed by atoms with Crippen molar-refractivity contribution >= 4 is 88.2 Å². The summed E-state index contributed by atoms with van der Waals surface area (Å²) >= 11 is 2.56. The molecule has 13 atom stereocenters. The van der Waals surface area contributed by atoms with Gasteiger partial charge in [0.1, 0.15) is 23.4 Å². The van der Waals surface area contributed by atoms with Crippen LogP contribution in [0.2, 0.25) is 0 Å². The Morgan fingerprint density at radius 1 is 0.836 bits per heavy atom. The molecule has 5 aliphatic heterocycles. The van der Waals surface area contributed by atoms with E-state index in [2.05, 4.69) is 26.3 Å². The number of aliphatic carboxylic acids is 3. The summed E-state index contributed by atoms with van der Waals surface area (Å²) < 4.78 is 4.48. The third-order valence-electron chi connectivity index (χ3n) is 13.4. The quantitative estimate of drug-likeness (QED) is 0.0813. The first-order valence-corrected chi connectivity index (χ1v) is 23.5. The summed E-state index contributed by atoms with van der Waals surface area (Å²) in [5.41, 5.74) is 0.183. The summed E-state index contributed by atoms with van der Waals surface area (Å²) in [7, 11) is 0. The van der Waals surface area contributed by atoms with Crippen molar-refractivity contribution in [2.75, 3.05) is 23.7 Å². The van der Waals surface area contributed by atoms with E-state index in [0.29, 0.717) is 30.1 Å². The van der Waals surface area contributed by atoms with Crippen LogP contribution in [0, 0.1) is 23.7 Å². The highest BCUT2D eigenvalue weighted by molar-refractivity contribution is 8.03. The summed E-state index contributed by atoms with van der Waals surface area (Å²) in [6.45, 7) is 8.74. The van der Waals surface area contributed by atoms with Gasteiger partial charge in [-0.2, -0.15) is 0 Å². The molecule has 3 fully saturated rings. The molecule has 5 aliphatic rings. The molecule has 0 aliphatic carbocycles. The summed E-state index contributed by atoms with van der Waals surface area (Å²) in [6, 6.07) is 8.69. The minimum absolute atomic E-state index is 0.00120. The average Bonchev–Trinajstić information content (AvgIpc) is 4.03. The first kappa shape index (κ1) is 49.1. The number of aliphatic hydroxyl groups is 1. The fourth-order valence-electron chi connectivity index (χ4n) is 9.79. The molecule has 3 saturated heterocycles. The number of carboxylic acids is 4. The van der Waals surface area contributed by atoms with E-state index in [1.165, 1.54) is 78.7 Å². The molecule has 5 heterocycles. The Hall–Kier alpha value is -5.81. The van der Waals surface area contributed by atoms with E-state index in [9.17, 15) is 63.9 Å². The molecule has 0 bridgehead atoms. The monoisotopic (exact) mass is 964 g/mol. The molecule has 13 unspecified atom stereocenters. The molecule has 2 aromatic rings. The maximum absolute atomic E-state index is 13.6. The van der Waals surface area contributed by atoms with E-state index < -0.39 is 106 Å². The van der Waals surface area contributed by atoms with Crippen LogP contribution in [0.3, 0.4) is 0 Å². The SMILES string of the molecule is CC(O)C1C(=O)N2C(C(=O)O)=C(SC3CNC(C(=O)Nc4cccc(C(=O)OC(C)C(C(=O)O)C5N=C(C(=O)O)C(C)(SC6CNC(C(=O)Nc7cccc(C(=O)O)c7)C6)C5C)c4)C3)C(C)C12. The number of thioether (sulfide) groups is 2. The second-order valence-corrected chi connectivity index (χ2v) is 20.8. The number of carbonyl (C=O) groups excluding carboxylic acids is 4. The number of fused-ring (bicyclic) bond motifs is 1. The van der Waals surface area contributed by atoms with Crippen LogP contribution >= 0.6 is 23.5 Å². The highest BCUT2D eigenvalue weighted by atomic mass is 32.2. The molecule has 3 amide bonds. The minimum Gasteiger partial charge on any atom is -0.481 e. The minimum atomic E-state index is -1.47. The summed E-state index contributed by atoms with van der Waals surface area (Å²) in [6.07, 6.45) is -1.64. The van der Waals surface area contributed by atoms with Crippen molar-refractivity contribution in [3.8, 4) is 0 Å². The summed E-state index contributed by atoms with van der Waals surface area (Å²) in [5.74, 6) is -10.5. The number of carbonyl (C=O) groups is 8. The van der Waals surface area contributed by atoms with Crippen molar-refractivity contribution in [1.82, 2.24) is 15.5 Å². The smallest absolute Gasteiger partial charge is 0.353 e. The standard InChI is InChI=1S/C45H52N6O14S2/c1-18-33-30(20(3)52)39(55)51(33)34(42(60)61)35(18)66-26-14-28(46-16-26)37(53)49-25-11-7-9-23(13-25)44(64)65-21(4)31(41(58)59)32-19(2)45(5,36(50-32)43(62)63)67-27-15-29(47-17-27)38(54)48-24-10-6-8-22(12-24)40(56)57/h6-13,18-21,26-33,46-47,52H,14-17H2,1-5H3,(H,48,54)(H,49,53)(H,56,57)(H,58,59)(H,60,61)(H,62,63). The van der Waals surface area contributed by atoms with E-state index in [4.69, 9.17) is 4.74 Å². The average molecular weight is 965 g/mol. The first-order chi connectivity index (χ1) is 31.6. The van der Waals surface area contributed by atoms with Gasteiger partial charge in [0.15, 0.2) is 0 Å². The van der Waals surface area contributed by atoms with Crippen molar-refractivity contribution in [2.24, 2.45) is 28.7 Å². The van der Waals surface area contributed by atoms with Gasteiger partial charge in [-0.25, -0.2) is 19.2 Å². The van der Waals surface area contributed by atoms with E-state index in [1.54, 1.807) is 26.0 Å². The molecule has 9 N–H and O–H groups in total. The van der Waals surface area contributed by atoms with Gasteiger partial charge < -0.3 is 56.4 Å². The third-order valence-corrected chi connectivity index (χ3v) is 16.6. The van der Waals surface area contributed by atoms with Gasteiger partial charge >= 0.3 is 29.8 Å². The number of anilines is 2. The number of carboxylic acid groups (broad SMARTS) is 4. The lowest BCUT2D eigenvalue weighted by Crippen LogP contribution is -2.63. The number of aliphatic hydroxyl groups excluding tert-OH is 1. The predicted octanol–water partition coefficient (Wildman–Crippen LogP) is 2.59. The van der Waals surface area contributed by atoms with Crippen molar-refractivity contribution in [3.63, 3.8) is 0 Å². The highest BCUT2D eigenvalue weighted by Crippen LogP contribution is 2.52. The van der Waals surface area contributed by atoms with E-state index in [1.807, 2.05) is 6.92 Å². The molecular formula is C45H52N6O14S2. The molecular weight excluding hydrogens is 913 g/mol. The van der Waals surface area contributed by atoms with Gasteiger partial charge in [-0.05, 0) is 75.9 Å². The third kappa shape index (κ3) is 9.67. The number of benzene rings is 2. The van der Waals surface area contributed by atoms with Crippen LogP contribution in [0.5, 0.6) is 0 Å². The Bertz CT molecular complexity index is 2470. The highest BCUT2D eigenvalue weighted by Gasteiger charge is 2.60. The second kappa shape index (κ2) is 19.4. The number of β-lactam (4-membered cyclic amide) rings is 1. The molecule has 2 aromatic carbocycles. The van der Waals surface area contributed by atoms with Gasteiger partial charge in [0.25, 0.3) is 0 Å². The van der Waals surface area contributed by atoms with Crippen LogP contribution < -0.4 is 21.3 Å². The number of rotatable bonds is 17. The molecule has 7 rings (SSSR count). The number of hydrogen-bond acceptors (Lipinski definition) is 15. The van der Waals surface area contributed by atoms with E-state index in [0.717, 1.165) is 0 Å². The Labute approximate surface area is 392 Å². The zero-order valence-corrected chi connectivity index (χ0v) is 38.6. The molecule has 0 aromatic heterocycles. The molecule has 22 heteroatoms. The normalized spacial score (nSPS) is 30.1. The molecule has 0 spiro atoms. The van der Waals surface area contributed by atoms with E-state index >= 15 is 0 Å². The second-order valence-electron chi connectivity index (χ2n) is 17.7. The lowest BCUT2D eigenvalue weighted by molar-refractivity contribution is -0.163. The Morgan fingerprint density at radius 3 is 1.96 bits per heavy atom. The van der Waals surface area contributed by atoms with Crippen LogP contribution in [0.1, 0.15) is 68.2 Å². The van der Waals surface area contributed by atoms with Gasteiger partial charge in [-0.3, -0.25) is 24.2 Å². The van der Waals surface area contributed by atoms with Crippen LogP contribution in [-0.4, -0.2) is 148 Å². The van der Waals surface area contributed by atoms with Gasteiger partial charge in [-0.1, -0.05) is 26.0 Å². The van der Waals surface area contributed by atoms with Gasteiger partial charge in [-0.15, -0.1) is 23.5 Å². The molecule has 67 heavy (non-hydrogen) atoms. The maximum atomic E-state index is 13.6. The molecule has 358 valence electrons. The van der Waals surface area contributed by atoms with Gasteiger partial charge in [0, 0.05) is 45.8 Å². The number of nitrogens with one attached hydrogen (secondary N) is 4. The van der Waals surface area contributed by atoms with Crippen molar-refractivity contribution in [3.05, 3.63) is 70.3 Å². The zero-order chi connectivity index (χ0) is 48.8. The maximum Gasteiger partial charge on any atom is 0.353 e. The number of hydrogen-bond donors (Lipinski definition) is 9. The van der Waals surface area contributed by atoms with Crippen LogP contribution in [0.4, 0.5) is 11.4 Å². The fraction of sp³-hybridized carbons (Fsp3) is 0.489. The number of ether oxygens (including phenoxy) is 1. The number of nitrogens with zero attached hydrogens (tertiary/aromatic N) is 2. The Balaban J connectivity index is 0.954. The number of aliphatic imine (C=N–C) groups is 1. The number of aromatic carboxylic acids is 1. The Kier molecular flexibility index (Phi) is 14.2. The van der Waals surface area contributed by atoms with Crippen LogP contribution in [0.15, 0.2) is 64.1 Å². The van der Waals surface area contributed by atoms with Gasteiger partial charge in [0.2, 0.25) is 17.7 Å². The molecule has 0 saturated carbocycles. The molecule has 0 radical (unpaired) electrons. The predicted molar refractivity (Wildman–Crippen MR) is 245 cm³/mol. The molecule has 20 nitrogen and oxygen atoms in total. The number of amides is 3. The van der Waals surface area contributed by atoms with Gasteiger partial charge in [0.05, 0.1) is 52.1 Å². The lowest BCUT2D eigenvalue weighted by atomic mass is 9.79. The first-order valence-electron chi connectivity index (χ1n) is 21.7. The summed E-state index contributed by atoms with van der Waals surface area (Å²) in [4.78, 5) is 108. The Morgan fingerprint density at radius 2 is 1.40 bits per heavy atom. The zero-order valence-electron chi connectivity index (χ0n) is 37.0. The van der Waals surface area contributed by atoms with Crippen molar-refractivity contribution in [1.29, 1.82) is 0 Å². The fourth-order valence-corrected chi connectivity index (χ4v) is 13.0. The lowest BCUT2D eigenvalue weighted by Gasteiger charge is -2.46. The largest absolute Gasteiger partial charge is 0.481 e. The summed E-state index contributed by atoms with van der Waals surface area (Å²) in [5, 5.41) is 61.5. The van der Waals surface area contributed by atoms with Crippen molar-refractivity contribution in [2.45, 2.75) is 99.1 Å². The topological polar surface area (TPSA) is 311 Å². The van der Waals surface area contributed by atoms with Crippen molar-refractivity contribution < 1.29 is 68.6 Å². The van der Waals surface area contributed by atoms with E-state index in [-0.39, 0.29) is 51.1 Å².